The van der Waals surface area contributed by atoms with Gasteiger partial charge in [0, 0.05) is 26.7 Å². The maximum absolute atomic E-state index is 11.7. The third-order valence-electron chi connectivity index (χ3n) is 3.69. The van der Waals surface area contributed by atoms with Crippen LogP contribution in [-0.2, 0) is 11.8 Å². The highest BCUT2D eigenvalue weighted by Gasteiger charge is 2.24. The van der Waals surface area contributed by atoms with Crippen molar-refractivity contribution in [3.8, 4) is 0 Å². The van der Waals surface area contributed by atoms with Crippen LogP contribution in [0.5, 0.6) is 0 Å². The third-order valence-corrected chi connectivity index (χ3v) is 3.69. The summed E-state index contributed by atoms with van der Waals surface area (Å²) in [6.07, 6.45) is 3.48. The number of hydrogen-bond acceptors (Lipinski definition) is 5. The van der Waals surface area contributed by atoms with Gasteiger partial charge in [-0.2, -0.15) is 5.10 Å². The monoisotopic (exact) mass is 309 g/mol. The summed E-state index contributed by atoms with van der Waals surface area (Å²) in [7, 11) is 1.90. The van der Waals surface area contributed by atoms with Crippen molar-refractivity contribution in [2.75, 3.05) is 30.3 Å². The van der Waals surface area contributed by atoms with Crippen LogP contribution in [-0.4, -0.2) is 41.1 Å². The summed E-state index contributed by atoms with van der Waals surface area (Å²) < 4.78 is 7.07. The van der Waals surface area contributed by atoms with Crippen molar-refractivity contribution in [2.24, 2.45) is 13.0 Å². The highest BCUT2D eigenvalue weighted by atomic mass is 16.6. The van der Waals surface area contributed by atoms with Gasteiger partial charge in [-0.25, -0.2) is 4.79 Å². The number of alkyl carbamates (subject to hydrolysis) is 1. The summed E-state index contributed by atoms with van der Waals surface area (Å²) in [5.41, 5.74) is 6.23. The molecule has 0 aromatic carbocycles. The number of hydrogen-bond donors (Lipinski definition) is 2. The van der Waals surface area contributed by atoms with Crippen LogP contribution in [0.4, 0.5) is 16.3 Å². The fourth-order valence-electron chi connectivity index (χ4n) is 2.80. The Bertz CT molecular complexity index is 501. The Hall–Kier alpha value is -1.92. The summed E-state index contributed by atoms with van der Waals surface area (Å²) in [6.45, 7) is 8.02. The molecule has 1 aromatic rings. The van der Waals surface area contributed by atoms with E-state index >= 15 is 0 Å². The van der Waals surface area contributed by atoms with Gasteiger partial charge < -0.3 is 20.7 Å². The van der Waals surface area contributed by atoms with Crippen molar-refractivity contribution in [2.45, 2.75) is 39.2 Å². The summed E-state index contributed by atoms with van der Waals surface area (Å²) in [5, 5.41) is 7.05. The number of amides is 1. The van der Waals surface area contributed by atoms with Gasteiger partial charge in [0.2, 0.25) is 0 Å². The molecule has 2 rings (SSSR count). The first-order valence-electron chi connectivity index (χ1n) is 7.75. The molecule has 1 fully saturated rings. The van der Waals surface area contributed by atoms with Gasteiger partial charge in [-0.15, -0.1) is 0 Å². The van der Waals surface area contributed by atoms with Crippen molar-refractivity contribution >= 4 is 17.6 Å². The largest absolute Gasteiger partial charge is 0.444 e. The molecule has 2 heterocycles. The first kappa shape index (κ1) is 16.5. The quantitative estimate of drug-likeness (QED) is 0.888. The number of carbonyl (C=O) groups excluding carboxylic acids is 1. The van der Waals surface area contributed by atoms with Crippen LogP contribution >= 0.6 is 0 Å². The number of aromatic nitrogens is 2. The Kier molecular flexibility index (Phi) is 4.83. The molecule has 0 bridgehead atoms. The number of rotatable bonds is 3. The van der Waals surface area contributed by atoms with E-state index in [2.05, 4.69) is 15.3 Å². The number of nitrogens with zero attached hydrogens (tertiary/aromatic N) is 3. The maximum atomic E-state index is 11.7. The van der Waals surface area contributed by atoms with Gasteiger partial charge >= 0.3 is 6.09 Å². The van der Waals surface area contributed by atoms with Gasteiger partial charge in [0.25, 0.3) is 0 Å². The first-order chi connectivity index (χ1) is 10.3. The standard InChI is InChI=1S/C15H27N5O2/c1-15(2,3)22-14(21)17-8-11-6-5-7-20(10-11)13-12(16)9-18-19(13)4/h9,11H,5-8,10,16H2,1-4H3,(H,17,21)/t11-/m0/s1. The van der Waals surface area contributed by atoms with E-state index in [1.807, 2.05) is 27.8 Å². The molecule has 124 valence electrons. The predicted octanol–water partition coefficient (Wildman–Crippen LogP) is 1.74. The summed E-state index contributed by atoms with van der Waals surface area (Å²) in [4.78, 5) is 14.0. The second-order valence-electron chi connectivity index (χ2n) is 6.88. The van der Waals surface area contributed by atoms with Crippen molar-refractivity contribution in [3.05, 3.63) is 6.20 Å². The van der Waals surface area contributed by atoms with Crippen LogP contribution in [0, 0.1) is 5.92 Å². The van der Waals surface area contributed by atoms with Crippen LogP contribution in [0.25, 0.3) is 0 Å². The van der Waals surface area contributed by atoms with E-state index in [0.717, 1.165) is 31.7 Å². The lowest BCUT2D eigenvalue weighted by Gasteiger charge is -2.34. The summed E-state index contributed by atoms with van der Waals surface area (Å²) in [5.74, 6) is 1.34. The molecule has 0 radical (unpaired) electrons. The molecule has 1 aliphatic heterocycles. The molecule has 0 unspecified atom stereocenters. The van der Waals surface area contributed by atoms with Crippen LogP contribution < -0.4 is 16.0 Å². The minimum absolute atomic E-state index is 0.357. The van der Waals surface area contributed by atoms with Crippen molar-refractivity contribution < 1.29 is 9.53 Å². The van der Waals surface area contributed by atoms with Gasteiger partial charge in [0.1, 0.15) is 11.4 Å². The number of nitrogens with two attached hydrogens (primary N) is 1. The highest BCUT2D eigenvalue weighted by molar-refractivity contribution is 5.67. The third kappa shape index (κ3) is 4.29. The van der Waals surface area contributed by atoms with Gasteiger partial charge in [0.05, 0.1) is 11.9 Å². The zero-order valence-corrected chi connectivity index (χ0v) is 13.9. The van der Waals surface area contributed by atoms with Crippen molar-refractivity contribution in [3.63, 3.8) is 0 Å². The number of piperidine rings is 1. The van der Waals surface area contributed by atoms with Gasteiger partial charge in [-0.1, -0.05) is 0 Å². The number of aryl methyl sites for hydroxylation is 1. The number of nitrogen functional groups attached to an aromatic ring is 1. The molecular formula is C15H27N5O2. The lowest BCUT2D eigenvalue weighted by molar-refractivity contribution is 0.0517. The Labute approximate surface area is 131 Å². The van der Waals surface area contributed by atoms with E-state index in [1.165, 1.54) is 0 Å². The van der Waals surface area contributed by atoms with E-state index in [-0.39, 0.29) is 6.09 Å². The SMILES string of the molecule is Cn1ncc(N)c1N1CCC[C@@H](CNC(=O)OC(C)(C)C)C1. The molecule has 22 heavy (non-hydrogen) atoms. The van der Waals surface area contributed by atoms with Crippen molar-refractivity contribution in [1.82, 2.24) is 15.1 Å². The summed E-state index contributed by atoms with van der Waals surface area (Å²) in [6, 6.07) is 0. The molecule has 0 saturated carbocycles. The maximum Gasteiger partial charge on any atom is 0.407 e. The smallest absolute Gasteiger partial charge is 0.407 e. The van der Waals surface area contributed by atoms with E-state index in [0.29, 0.717) is 18.2 Å². The minimum atomic E-state index is -0.466. The number of carbonyl (C=O) groups is 1. The molecule has 0 spiro atoms. The lowest BCUT2D eigenvalue weighted by Crippen LogP contribution is -2.43. The molecule has 1 amide bonds. The molecule has 1 aromatic heterocycles. The fraction of sp³-hybridized carbons (Fsp3) is 0.733. The molecule has 7 heteroatoms. The zero-order valence-electron chi connectivity index (χ0n) is 13.9. The van der Waals surface area contributed by atoms with E-state index in [4.69, 9.17) is 10.5 Å². The van der Waals surface area contributed by atoms with Gasteiger partial charge in [-0.3, -0.25) is 4.68 Å². The summed E-state index contributed by atoms with van der Waals surface area (Å²) >= 11 is 0. The molecule has 0 aliphatic carbocycles. The Morgan fingerprint density at radius 3 is 2.86 bits per heavy atom. The molecule has 1 aliphatic rings. The Morgan fingerprint density at radius 2 is 2.27 bits per heavy atom. The molecule has 3 N–H and O–H groups in total. The van der Waals surface area contributed by atoms with Gasteiger partial charge in [0.15, 0.2) is 0 Å². The normalized spacial score (nSPS) is 19.1. The zero-order chi connectivity index (χ0) is 16.3. The molecule has 1 atom stereocenters. The molecule has 7 nitrogen and oxygen atoms in total. The van der Waals surface area contributed by atoms with Gasteiger partial charge in [-0.05, 0) is 39.5 Å². The fourth-order valence-corrected chi connectivity index (χ4v) is 2.80. The Balaban J connectivity index is 1.88. The predicted molar refractivity (Wildman–Crippen MR) is 86.8 cm³/mol. The number of anilines is 2. The van der Waals surface area contributed by atoms with Crippen LogP contribution in [0.3, 0.4) is 0 Å². The van der Waals surface area contributed by atoms with E-state index < -0.39 is 5.60 Å². The molecular weight excluding hydrogens is 282 g/mol. The Morgan fingerprint density at radius 1 is 1.55 bits per heavy atom. The van der Waals surface area contributed by atoms with Crippen LogP contribution in [0.15, 0.2) is 6.20 Å². The average Bonchev–Trinajstić information content (AvgIpc) is 2.74. The van der Waals surface area contributed by atoms with Crippen LogP contribution in [0.1, 0.15) is 33.6 Å². The second kappa shape index (κ2) is 6.46. The van der Waals surface area contributed by atoms with Crippen LogP contribution in [0.2, 0.25) is 0 Å². The van der Waals surface area contributed by atoms with E-state index in [9.17, 15) is 4.79 Å². The second-order valence-corrected chi connectivity index (χ2v) is 6.88. The number of nitrogens with one attached hydrogen (secondary N) is 1. The van der Waals surface area contributed by atoms with Crippen molar-refractivity contribution in [1.29, 1.82) is 0 Å². The topological polar surface area (TPSA) is 85.4 Å². The minimum Gasteiger partial charge on any atom is -0.444 e. The average molecular weight is 309 g/mol. The number of ether oxygens (including phenoxy) is 1. The first-order valence-corrected chi connectivity index (χ1v) is 7.75. The van der Waals surface area contributed by atoms with E-state index in [1.54, 1.807) is 10.9 Å². The lowest BCUT2D eigenvalue weighted by atomic mass is 9.98. The highest BCUT2D eigenvalue weighted by Crippen LogP contribution is 2.27. The molecule has 1 saturated heterocycles.